The summed E-state index contributed by atoms with van der Waals surface area (Å²) in [6, 6.07) is 0. The molecule has 0 spiro atoms. The number of rotatable bonds is 11. The van der Waals surface area contributed by atoms with E-state index in [2.05, 4.69) is 34.3 Å². The van der Waals surface area contributed by atoms with E-state index in [4.69, 9.17) is 16.9 Å². The molecule has 0 radical (unpaired) electrons. The van der Waals surface area contributed by atoms with Crippen LogP contribution in [0.5, 0.6) is 0 Å². The summed E-state index contributed by atoms with van der Waals surface area (Å²) in [5.74, 6) is -0.224. The number of primary amides is 1. The number of hydrogen-bond acceptors (Lipinski definition) is 5. The molecule has 0 bridgehead atoms. The molecule has 2 amide bonds. The van der Waals surface area contributed by atoms with Gasteiger partial charge in [-0.1, -0.05) is 13.8 Å². The summed E-state index contributed by atoms with van der Waals surface area (Å²) in [6.45, 7) is 10.5. The second kappa shape index (κ2) is 11.0. The number of nitrogens with one attached hydrogen (secondary N) is 3. The first kappa shape index (κ1) is 22.2. The topological polar surface area (TPSA) is 141 Å². The van der Waals surface area contributed by atoms with E-state index in [9.17, 15) is 9.59 Å². The fourth-order valence-corrected chi connectivity index (χ4v) is 2.82. The largest absolute Gasteiger partial charge is 0.370 e. The first-order valence-corrected chi connectivity index (χ1v) is 9.25. The lowest BCUT2D eigenvalue weighted by Gasteiger charge is -2.34. The van der Waals surface area contributed by atoms with Crippen molar-refractivity contribution >= 4 is 17.8 Å². The molecule has 1 heterocycles. The van der Waals surface area contributed by atoms with Gasteiger partial charge in [-0.15, -0.1) is 0 Å². The van der Waals surface area contributed by atoms with Gasteiger partial charge in [-0.25, -0.2) is 0 Å². The van der Waals surface area contributed by atoms with Crippen LogP contribution in [0.1, 0.15) is 33.1 Å². The van der Waals surface area contributed by atoms with Gasteiger partial charge in [0.05, 0.1) is 0 Å². The lowest BCUT2D eigenvalue weighted by molar-refractivity contribution is -0.122. The van der Waals surface area contributed by atoms with E-state index in [1.165, 1.54) is 0 Å². The van der Waals surface area contributed by atoms with Gasteiger partial charge in [-0.3, -0.25) is 15.0 Å². The Bertz CT molecular complexity index is 474. The van der Waals surface area contributed by atoms with Crippen LogP contribution in [0.25, 0.3) is 0 Å². The average Bonchev–Trinajstić information content (AvgIpc) is 2.57. The third-order valence-corrected chi connectivity index (χ3v) is 4.68. The highest BCUT2D eigenvalue weighted by Gasteiger charge is 2.19. The molecule has 150 valence electrons. The van der Waals surface area contributed by atoms with Crippen LogP contribution in [0, 0.1) is 10.8 Å². The molecular formula is C17H35N7O2. The zero-order chi connectivity index (χ0) is 19.6. The first-order chi connectivity index (χ1) is 12.2. The van der Waals surface area contributed by atoms with Crippen molar-refractivity contribution in [2.45, 2.75) is 33.1 Å². The van der Waals surface area contributed by atoms with Crippen molar-refractivity contribution in [1.82, 2.24) is 20.4 Å². The quantitative estimate of drug-likeness (QED) is 0.231. The van der Waals surface area contributed by atoms with Crippen LogP contribution in [-0.4, -0.2) is 79.9 Å². The number of nitrogens with two attached hydrogens (primary N) is 2. The molecular weight excluding hydrogens is 334 g/mol. The van der Waals surface area contributed by atoms with E-state index in [0.29, 0.717) is 25.9 Å². The maximum absolute atomic E-state index is 12.0. The minimum Gasteiger partial charge on any atom is -0.370 e. The van der Waals surface area contributed by atoms with Gasteiger partial charge in [0.25, 0.3) is 0 Å². The number of guanidine groups is 1. The Kier molecular flexibility index (Phi) is 9.36. The van der Waals surface area contributed by atoms with Gasteiger partial charge < -0.3 is 31.9 Å². The molecule has 0 saturated carbocycles. The van der Waals surface area contributed by atoms with Gasteiger partial charge in [0.2, 0.25) is 11.8 Å². The minimum atomic E-state index is -0.260. The SMILES string of the molecule is CC(C)(CCNC(=O)CCN1CCN(CCC(N)=O)CC1)CNC(=N)N. The summed E-state index contributed by atoms with van der Waals surface area (Å²) in [7, 11) is 0. The number of piperazine rings is 1. The predicted octanol–water partition coefficient (Wildman–Crippen LogP) is -1.11. The maximum atomic E-state index is 12.0. The summed E-state index contributed by atoms with van der Waals surface area (Å²) in [6.07, 6.45) is 1.71. The summed E-state index contributed by atoms with van der Waals surface area (Å²) in [4.78, 5) is 27.3. The second-order valence-corrected chi connectivity index (χ2v) is 7.68. The summed E-state index contributed by atoms with van der Waals surface area (Å²) in [5, 5.41) is 13.0. The lowest BCUT2D eigenvalue weighted by Crippen LogP contribution is -2.47. The number of carbonyl (C=O) groups excluding carboxylic acids is 2. The Morgan fingerprint density at radius 1 is 1.00 bits per heavy atom. The van der Waals surface area contributed by atoms with Crippen LogP contribution in [-0.2, 0) is 9.59 Å². The van der Waals surface area contributed by atoms with Crippen molar-refractivity contribution in [3.8, 4) is 0 Å². The number of hydrogen-bond donors (Lipinski definition) is 5. The average molecular weight is 370 g/mol. The highest BCUT2D eigenvalue weighted by molar-refractivity contribution is 5.76. The normalized spacial score (nSPS) is 16.2. The Hall–Kier alpha value is -1.87. The molecule has 1 fully saturated rings. The van der Waals surface area contributed by atoms with E-state index in [1.54, 1.807) is 0 Å². The van der Waals surface area contributed by atoms with Crippen molar-refractivity contribution in [2.75, 3.05) is 52.4 Å². The van der Waals surface area contributed by atoms with E-state index in [-0.39, 0.29) is 23.2 Å². The third-order valence-electron chi connectivity index (χ3n) is 4.68. The molecule has 1 aliphatic rings. The minimum absolute atomic E-state index is 0.0307. The maximum Gasteiger partial charge on any atom is 0.221 e. The Balaban J connectivity index is 2.12. The molecule has 0 atom stereocenters. The van der Waals surface area contributed by atoms with Crippen molar-refractivity contribution in [2.24, 2.45) is 16.9 Å². The van der Waals surface area contributed by atoms with Crippen molar-refractivity contribution < 1.29 is 9.59 Å². The van der Waals surface area contributed by atoms with Gasteiger partial charge >= 0.3 is 0 Å². The van der Waals surface area contributed by atoms with Crippen LogP contribution in [0.3, 0.4) is 0 Å². The smallest absolute Gasteiger partial charge is 0.221 e. The Morgan fingerprint density at radius 3 is 2.04 bits per heavy atom. The molecule has 0 unspecified atom stereocenters. The molecule has 1 rings (SSSR count). The van der Waals surface area contributed by atoms with Crippen LogP contribution in [0.4, 0.5) is 0 Å². The van der Waals surface area contributed by atoms with E-state index < -0.39 is 0 Å². The van der Waals surface area contributed by atoms with E-state index >= 15 is 0 Å². The summed E-state index contributed by atoms with van der Waals surface area (Å²) < 4.78 is 0. The molecule has 1 saturated heterocycles. The molecule has 0 aromatic rings. The highest BCUT2D eigenvalue weighted by atomic mass is 16.1. The van der Waals surface area contributed by atoms with Crippen LogP contribution >= 0.6 is 0 Å². The molecule has 0 aliphatic carbocycles. The fraction of sp³-hybridized carbons (Fsp3) is 0.824. The summed E-state index contributed by atoms with van der Waals surface area (Å²) in [5.41, 5.74) is 10.4. The standard InChI is InChI=1S/C17H35N7O2/c1-17(2,13-22-16(19)20)5-6-21-15(26)4-8-24-11-9-23(10-12-24)7-3-14(18)25/h3-13H2,1-2H3,(H2,18,25)(H,21,26)(H4,19,20,22). The molecule has 7 N–H and O–H groups in total. The molecule has 9 nitrogen and oxygen atoms in total. The first-order valence-electron chi connectivity index (χ1n) is 9.25. The third kappa shape index (κ3) is 10.2. The van der Waals surface area contributed by atoms with Crippen LogP contribution < -0.4 is 22.1 Å². The van der Waals surface area contributed by atoms with Crippen LogP contribution in [0.2, 0.25) is 0 Å². The predicted molar refractivity (Wildman–Crippen MR) is 103 cm³/mol. The number of amides is 2. The number of nitrogens with zero attached hydrogens (tertiary/aromatic N) is 2. The van der Waals surface area contributed by atoms with Crippen molar-refractivity contribution in [3.63, 3.8) is 0 Å². The van der Waals surface area contributed by atoms with Crippen molar-refractivity contribution in [1.29, 1.82) is 5.41 Å². The molecule has 0 aromatic heterocycles. The molecule has 1 aliphatic heterocycles. The van der Waals surface area contributed by atoms with Gasteiger partial charge in [-0.05, 0) is 11.8 Å². The van der Waals surface area contributed by atoms with Gasteiger partial charge in [0.15, 0.2) is 5.96 Å². The van der Waals surface area contributed by atoms with E-state index in [1.807, 2.05) is 0 Å². The highest BCUT2D eigenvalue weighted by Crippen LogP contribution is 2.17. The van der Waals surface area contributed by atoms with Gasteiger partial charge in [-0.2, -0.15) is 0 Å². The molecule has 0 aromatic carbocycles. The second-order valence-electron chi connectivity index (χ2n) is 7.68. The zero-order valence-electron chi connectivity index (χ0n) is 16.1. The number of carbonyl (C=O) groups is 2. The van der Waals surface area contributed by atoms with Gasteiger partial charge in [0, 0.05) is 65.2 Å². The van der Waals surface area contributed by atoms with E-state index in [0.717, 1.165) is 45.7 Å². The molecule has 26 heavy (non-hydrogen) atoms. The van der Waals surface area contributed by atoms with Crippen molar-refractivity contribution in [3.05, 3.63) is 0 Å². The van der Waals surface area contributed by atoms with Gasteiger partial charge in [0.1, 0.15) is 0 Å². The fourth-order valence-electron chi connectivity index (χ4n) is 2.82. The lowest BCUT2D eigenvalue weighted by atomic mass is 9.89. The monoisotopic (exact) mass is 369 g/mol. The molecule has 9 heteroatoms. The summed E-state index contributed by atoms with van der Waals surface area (Å²) >= 11 is 0. The van der Waals surface area contributed by atoms with Crippen LogP contribution in [0.15, 0.2) is 0 Å². The zero-order valence-corrected chi connectivity index (χ0v) is 16.1. The Labute approximate surface area is 156 Å². The Morgan fingerprint density at radius 2 is 1.54 bits per heavy atom.